The van der Waals surface area contributed by atoms with Crippen LogP contribution in [0.3, 0.4) is 0 Å². The second-order valence-electron chi connectivity index (χ2n) is 4.03. The van der Waals surface area contributed by atoms with Crippen LogP contribution in [0.4, 0.5) is 5.82 Å². The lowest BCUT2D eigenvalue weighted by Crippen LogP contribution is -2.16. The van der Waals surface area contributed by atoms with Crippen molar-refractivity contribution in [2.24, 2.45) is 0 Å². The van der Waals surface area contributed by atoms with Crippen molar-refractivity contribution in [3.05, 3.63) is 24.4 Å². The van der Waals surface area contributed by atoms with Crippen molar-refractivity contribution >= 4 is 5.82 Å². The number of rotatable bonds is 2. The molecule has 2 heterocycles. The van der Waals surface area contributed by atoms with E-state index < -0.39 is 0 Å². The first-order chi connectivity index (χ1) is 6.12. The van der Waals surface area contributed by atoms with E-state index in [4.69, 9.17) is 0 Å². The lowest BCUT2D eigenvalue weighted by Gasteiger charge is -2.08. The molecule has 3 heteroatoms. The summed E-state index contributed by atoms with van der Waals surface area (Å²) in [5.74, 6) is 0.917. The van der Waals surface area contributed by atoms with Crippen LogP contribution in [-0.4, -0.2) is 21.6 Å². The molecular formula is C10H15N3. The second-order valence-corrected chi connectivity index (χ2v) is 4.03. The van der Waals surface area contributed by atoms with E-state index in [9.17, 15) is 0 Å². The standard InChI is InChI=1S/C10H15N3/c1-8-10(2,3)13(8)12-9-6-4-5-7-11-9/h4-8H,1-3H3,(H,11,12). The zero-order chi connectivity index (χ0) is 9.47. The molecule has 0 saturated carbocycles. The Morgan fingerprint density at radius 2 is 2.15 bits per heavy atom. The van der Waals surface area contributed by atoms with Crippen LogP contribution in [0, 0.1) is 0 Å². The van der Waals surface area contributed by atoms with Gasteiger partial charge in [0.15, 0.2) is 0 Å². The molecule has 1 aromatic rings. The Hall–Kier alpha value is -1.09. The topological polar surface area (TPSA) is 27.9 Å². The van der Waals surface area contributed by atoms with Gasteiger partial charge in [-0.3, -0.25) is 0 Å². The SMILES string of the molecule is CC1N(Nc2ccccn2)C1(C)C. The molecular weight excluding hydrogens is 162 g/mol. The molecule has 1 aromatic heterocycles. The fraction of sp³-hybridized carbons (Fsp3) is 0.500. The Bertz CT molecular complexity index is 294. The molecule has 1 aliphatic rings. The molecule has 1 fully saturated rings. The molecule has 2 atom stereocenters. The van der Waals surface area contributed by atoms with Gasteiger partial charge < -0.3 is 5.43 Å². The Morgan fingerprint density at radius 3 is 2.62 bits per heavy atom. The third-order valence-electron chi connectivity index (χ3n) is 2.86. The van der Waals surface area contributed by atoms with Crippen molar-refractivity contribution < 1.29 is 0 Å². The van der Waals surface area contributed by atoms with Gasteiger partial charge in [0.1, 0.15) is 5.82 Å². The van der Waals surface area contributed by atoms with Gasteiger partial charge in [0.05, 0.1) is 5.54 Å². The number of hydrazine groups is 1. The maximum atomic E-state index is 4.21. The Labute approximate surface area is 78.7 Å². The van der Waals surface area contributed by atoms with Gasteiger partial charge in [0.2, 0.25) is 0 Å². The molecule has 3 nitrogen and oxygen atoms in total. The van der Waals surface area contributed by atoms with Crippen LogP contribution in [0.25, 0.3) is 0 Å². The Balaban J connectivity index is 2.02. The monoisotopic (exact) mass is 177 g/mol. The van der Waals surface area contributed by atoms with E-state index >= 15 is 0 Å². The van der Waals surface area contributed by atoms with Crippen molar-refractivity contribution in [1.29, 1.82) is 0 Å². The lowest BCUT2D eigenvalue weighted by atomic mass is 10.2. The fourth-order valence-electron chi connectivity index (χ4n) is 1.48. The van der Waals surface area contributed by atoms with Crippen molar-refractivity contribution in [3.8, 4) is 0 Å². The molecule has 0 spiro atoms. The van der Waals surface area contributed by atoms with Crippen molar-refractivity contribution in [3.63, 3.8) is 0 Å². The normalized spacial score (nSPS) is 29.8. The summed E-state index contributed by atoms with van der Waals surface area (Å²) in [5.41, 5.74) is 3.54. The molecule has 0 radical (unpaired) electrons. The van der Waals surface area contributed by atoms with Crippen LogP contribution < -0.4 is 5.43 Å². The first-order valence-electron chi connectivity index (χ1n) is 4.59. The van der Waals surface area contributed by atoms with Gasteiger partial charge in [-0.2, -0.15) is 0 Å². The highest BCUT2D eigenvalue weighted by atomic mass is 15.7. The number of hydrogen-bond acceptors (Lipinski definition) is 3. The molecule has 1 N–H and O–H groups in total. The van der Waals surface area contributed by atoms with E-state index in [-0.39, 0.29) is 5.54 Å². The number of anilines is 1. The minimum absolute atomic E-state index is 0.261. The number of aromatic nitrogens is 1. The fourth-order valence-corrected chi connectivity index (χ4v) is 1.48. The summed E-state index contributed by atoms with van der Waals surface area (Å²) in [5, 5.41) is 2.20. The van der Waals surface area contributed by atoms with E-state index in [2.05, 4.69) is 36.2 Å². The highest BCUT2D eigenvalue weighted by Crippen LogP contribution is 2.39. The van der Waals surface area contributed by atoms with E-state index in [0.29, 0.717) is 6.04 Å². The molecule has 1 aliphatic heterocycles. The van der Waals surface area contributed by atoms with Crippen molar-refractivity contribution in [2.45, 2.75) is 32.4 Å². The van der Waals surface area contributed by atoms with Gasteiger partial charge in [-0.15, -0.1) is 0 Å². The molecule has 2 rings (SSSR count). The quantitative estimate of drug-likeness (QED) is 0.699. The zero-order valence-corrected chi connectivity index (χ0v) is 8.28. The van der Waals surface area contributed by atoms with Crippen LogP contribution in [-0.2, 0) is 0 Å². The summed E-state index contributed by atoms with van der Waals surface area (Å²) in [6.07, 6.45) is 1.80. The molecule has 0 aliphatic carbocycles. The summed E-state index contributed by atoms with van der Waals surface area (Å²) in [6.45, 7) is 6.64. The predicted molar refractivity (Wildman–Crippen MR) is 53.2 cm³/mol. The molecule has 70 valence electrons. The van der Waals surface area contributed by atoms with Crippen LogP contribution >= 0.6 is 0 Å². The average molecular weight is 177 g/mol. The third kappa shape index (κ3) is 1.40. The summed E-state index contributed by atoms with van der Waals surface area (Å²) in [7, 11) is 0. The molecule has 2 unspecified atom stereocenters. The van der Waals surface area contributed by atoms with Crippen LogP contribution in [0.5, 0.6) is 0 Å². The maximum absolute atomic E-state index is 4.21. The molecule has 0 amide bonds. The second kappa shape index (κ2) is 2.70. The Morgan fingerprint density at radius 1 is 1.46 bits per heavy atom. The van der Waals surface area contributed by atoms with E-state index in [1.165, 1.54) is 0 Å². The van der Waals surface area contributed by atoms with Gasteiger partial charge in [-0.25, -0.2) is 9.99 Å². The lowest BCUT2D eigenvalue weighted by molar-refractivity contribution is 0.513. The number of pyridine rings is 1. The zero-order valence-electron chi connectivity index (χ0n) is 8.28. The van der Waals surface area contributed by atoms with Crippen LogP contribution in [0.2, 0.25) is 0 Å². The van der Waals surface area contributed by atoms with E-state index in [1.807, 2.05) is 18.2 Å². The summed E-state index contributed by atoms with van der Waals surface area (Å²) in [4.78, 5) is 4.21. The summed E-state index contributed by atoms with van der Waals surface area (Å²) < 4.78 is 0. The molecule has 13 heavy (non-hydrogen) atoms. The van der Waals surface area contributed by atoms with Gasteiger partial charge in [-0.05, 0) is 32.9 Å². The van der Waals surface area contributed by atoms with Crippen molar-refractivity contribution in [1.82, 2.24) is 9.99 Å². The summed E-state index contributed by atoms with van der Waals surface area (Å²) in [6, 6.07) is 6.45. The van der Waals surface area contributed by atoms with Crippen molar-refractivity contribution in [2.75, 3.05) is 5.43 Å². The average Bonchev–Trinajstić information content (AvgIpc) is 2.57. The van der Waals surface area contributed by atoms with E-state index in [0.717, 1.165) is 5.82 Å². The minimum Gasteiger partial charge on any atom is -0.302 e. The first-order valence-corrected chi connectivity index (χ1v) is 4.59. The van der Waals surface area contributed by atoms with Gasteiger partial charge in [0, 0.05) is 12.2 Å². The smallest absolute Gasteiger partial charge is 0.140 e. The van der Waals surface area contributed by atoms with E-state index in [1.54, 1.807) is 6.20 Å². The molecule has 1 saturated heterocycles. The van der Waals surface area contributed by atoms with Crippen LogP contribution in [0.1, 0.15) is 20.8 Å². The highest BCUT2D eigenvalue weighted by molar-refractivity contribution is 5.35. The number of hydrogen-bond donors (Lipinski definition) is 1. The first kappa shape index (κ1) is 8.51. The Kier molecular flexibility index (Phi) is 1.77. The largest absolute Gasteiger partial charge is 0.302 e. The molecule has 0 aromatic carbocycles. The number of nitrogens with one attached hydrogen (secondary N) is 1. The highest BCUT2D eigenvalue weighted by Gasteiger charge is 2.52. The third-order valence-corrected chi connectivity index (χ3v) is 2.86. The van der Waals surface area contributed by atoms with Crippen LogP contribution in [0.15, 0.2) is 24.4 Å². The minimum atomic E-state index is 0.261. The van der Waals surface area contributed by atoms with Gasteiger partial charge >= 0.3 is 0 Å². The van der Waals surface area contributed by atoms with Gasteiger partial charge in [-0.1, -0.05) is 6.07 Å². The van der Waals surface area contributed by atoms with Gasteiger partial charge in [0.25, 0.3) is 0 Å². The summed E-state index contributed by atoms with van der Waals surface area (Å²) >= 11 is 0. The maximum Gasteiger partial charge on any atom is 0.140 e. The number of nitrogens with zero attached hydrogens (tertiary/aromatic N) is 2. The predicted octanol–water partition coefficient (Wildman–Crippen LogP) is 1.89. The molecule has 0 bridgehead atoms.